The Balaban J connectivity index is 4.50. The number of carbonyl (C=O) groups excluding carboxylic acids is 2. The Labute approximate surface area is 359 Å². The van der Waals surface area contributed by atoms with Crippen molar-refractivity contribution in [3.05, 3.63) is 85.1 Å². The van der Waals surface area contributed by atoms with E-state index in [2.05, 4.69) is 85.9 Å². The van der Waals surface area contributed by atoms with Crippen LogP contribution in [-0.4, -0.2) is 81.7 Å². The summed E-state index contributed by atoms with van der Waals surface area (Å²) in [6, 6.07) is 0. The number of nitrogens with zero attached hydrogens (tertiary/aromatic N) is 1. The lowest BCUT2D eigenvalue weighted by Gasteiger charge is -2.28. The second-order valence-electron chi connectivity index (χ2n) is 15.8. The molecule has 11 heteroatoms. The molecule has 10 nitrogen and oxygen atoms in total. The van der Waals surface area contributed by atoms with E-state index in [9.17, 15) is 19.0 Å². The molecule has 0 heterocycles. The first-order chi connectivity index (χ1) is 28.5. The summed E-state index contributed by atoms with van der Waals surface area (Å²) in [5, 5.41) is 8.80. The Hall–Kier alpha value is -2.85. The number of likely N-dealkylation sites (N-methyl/N-ethyl adjacent to an activating group) is 1. The molecule has 0 saturated heterocycles. The Morgan fingerprint density at radius 1 is 0.576 bits per heavy atom. The minimum Gasteiger partial charge on any atom is -0.756 e. The van der Waals surface area contributed by atoms with Crippen LogP contribution in [0.3, 0.4) is 0 Å². The van der Waals surface area contributed by atoms with E-state index in [-0.39, 0.29) is 32.7 Å². The van der Waals surface area contributed by atoms with Gasteiger partial charge in [0, 0.05) is 19.4 Å². The molecule has 0 aliphatic rings. The third kappa shape index (κ3) is 44.5. The van der Waals surface area contributed by atoms with E-state index in [1.54, 1.807) is 0 Å². The zero-order valence-corrected chi connectivity index (χ0v) is 38.3. The number of rotatable bonds is 40. The van der Waals surface area contributed by atoms with Crippen molar-refractivity contribution in [1.82, 2.24) is 0 Å². The molecule has 1 unspecified atom stereocenters. The number of aliphatic hydroxyl groups excluding tert-OH is 1. The van der Waals surface area contributed by atoms with E-state index in [0.29, 0.717) is 30.3 Å². The first kappa shape index (κ1) is 56.1. The number of phosphoric acid groups is 1. The highest BCUT2D eigenvalue weighted by atomic mass is 31.2. The van der Waals surface area contributed by atoms with Crippen molar-refractivity contribution in [3.8, 4) is 0 Å². The van der Waals surface area contributed by atoms with Gasteiger partial charge in [0.2, 0.25) is 0 Å². The van der Waals surface area contributed by atoms with E-state index in [1.807, 2.05) is 27.2 Å². The standard InChI is InChI=1S/C48H82NO9P/c1-5-6-7-8-9-10-11-12-13-15-18-21-24-27-30-33-36-39-47(51)55-44-46(45-57-59(53,54)56-43-41-49(2,3)4)58-48(52)40-37-34-31-28-25-22-19-16-14-17-20-23-26-29-32-35-38-42-50/h9-10,12-14,17-19,21-23,26,28,31,46,50H,5-8,11,15-16,20,24-25,27,29-30,32-45H2,1-4H3/b10-9-,13-12-,17-14-,21-18-,22-19-,26-23-,31-28-/t46-/m1/s1. The number of carbonyl (C=O) groups is 2. The Kier molecular flexibility index (Phi) is 38.6. The highest BCUT2D eigenvalue weighted by Crippen LogP contribution is 2.38. The lowest BCUT2D eigenvalue weighted by Crippen LogP contribution is -2.37. The van der Waals surface area contributed by atoms with Gasteiger partial charge in [-0.2, -0.15) is 0 Å². The number of unbranched alkanes of at least 4 members (excludes halogenated alkanes) is 11. The van der Waals surface area contributed by atoms with Crippen LogP contribution >= 0.6 is 7.82 Å². The van der Waals surface area contributed by atoms with Crippen molar-refractivity contribution >= 4 is 19.8 Å². The normalized spacial score (nSPS) is 14.3. The second kappa shape index (κ2) is 40.6. The van der Waals surface area contributed by atoms with Crippen LogP contribution in [0.4, 0.5) is 0 Å². The van der Waals surface area contributed by atoms with Crippen LogP contribution in [0.1, 0.15) is 148 Å². The summed E-state index contributed by atoms with van der Waals surface area (Å²) in [4.78, 5) is 37.5. The molecule has 0 bridgehead atoms. The van der Waals surface area contributed by atoms with Gasteiger partial charge in [0.05, 0.1) is 27.7 Å². The van der Waals surface area contributed by atoms with Crippen LogP contribution in [-0.2, 0) is 32.7 Å². The third-order valence-corrected chi connectivity index (χ3v) is 9.91. The van der Waals surface area contributed by atoms with E-state index < -0.39 is 32.5 Å². The fourth-order valence-electron chi connectivity index (χ4n) is 5.40. The predicted octanol–water partition coefficient (Wildman–Crippen LogP) is 11.1. The molecule has 59 heavy (non-hydrogen) atoms. The summed E-state index contributed by atoms with van der Waals surface area (Å²) in [7, 11) is 1.08. The maximum Gasteiger partial charge on any atom is 0.306 e. The summed E-state index contributed by atoms with van der Waals surface area (Å²) in [5.41, 5.74) is 0. The number of ether oxygens (including phenoxy) is 2. The Morgan fingerprint density at radius 2 is 1.02 bits per heavy atom. The van der Waals surface area contributed by atoms with Crippen LogP contribution in [0, 0.1) is 0 Å². The molecule has 0 aliphatic carbocycles. The van der Waals surface area contributed by atoms with Gasteiger partial charge in [-0.15, -0.1) is 0 Å². The largest absolute Gasteiger partial charge is 0.756 e. The summed E-state index contributed by atoms with van der Waals surface area (Å²) in [6.45, 7) is 2.08. The van der Waals surface area contributed by atoms with Gasteiger partial charge in [-0.25, -0.2) is 0 Å². The summed E-state index contributed by atoms with van der Waals surface area (Å²) < 4.78 is 33.8. The quantitative estimate of drug-likeness (QED) is 0.0210. The van der Waals surface area contributed by atoms with Crippen molar-refractivity contribution in [1.29, 1.82) is 0 Å². The monoisotopic (exact) mass is 848 g/mol. The van der Waals surface area contributed by atoms with Crippen LogP contribution in [0.25, 0.3) is 0 Å². The molecule has 0 spiro atoms. The highest BCUT2D eigenvalue weighted by molar-refractivity contribution is 7.45. The minimum atomic E-state index is -4.66. The summed E-state index contributed by atoms with van der Waals surface area (Å²) in [5.74, 6) is -0.948. The van der Waals surface area contributed by atoms with E-state index >= 15 is 0 Å². The van der Waals surface area contributed by atoms with Crippen molar-refractivity contribution in [2.75, 3.05) is 54.1 Å². The second-order valence-corrected chi connectivity index (χ2v) is 17.2. The van der Waals surface area contributed by atoms with E-state index in [1.165, 1.54) is 25.7 Å². The maximum atomic E-state index is 12.7. The smallest absolute Gasteiger partial charge is 0.306 e. The zero-order chi connectivity index (χ0) is 43.6. The number of hydrogen-bond acceptors (Lipinski definition) is 9. The minimum absolute atomic E-state index is 0.0545. The van der Waals surface area contributed by atoms with Gasteiger partial charge in [0.15, 0.2) is 6.10 Å². The Morgan fingerprint density at radius 3 is 1.51 bits per heavy atom. The summed E-state index contributed by atoms with van der Waals surface area (Å²) in [6.07, 6.45) is 49.1. The third-order valence-electron chi connectivity index (χ3n) is 8.94. The van der Waals surface area contributed by atoms with Crippen LogP contribution < -0.4 is 4.89 Å². The number of phosphoric ester groups is 1. The van der Waals surface area contributed by atoms with Gasteiger partial charge in [-0.3, -0.25) is 14.2 Å². The topological polar surface area (TPSA) is 131 Å². The van der Waals surface area contributed by atoms with Gasteiger partial charge >= 0.3 is 11.9 Å². The number of quaternary nitrogens is 1. The van der Waals surface area contributed by atoms with Gasteiger partial charge in [0.25, 0.3) is 7.82 Å². The molecular formula is C48H82NO9P. The predicted molar refractivity (Wildman–Crippen MR) is 242 cm³/mol. The van der Waals surface area contributed by atoms with Gasteiger partial charge < -0.3 is 33.0 Å². The first-order valence-electron chi connectivity index (χ1n) is 22.4. The average Bonchev–Trinajstić information content (AvgIpc) is 3.19. The molecule has 0 aliphatic heterocycles. The fraction of sp³-hybridized carbons (Fsp3) is 0.667. The van der Waals surface area contributed by atoms with Crippen LogP contribution in [0.2, 0.25) is 0 Å². The molecule has 0 fully saturated rings. The molecule has 0 aromatic carbocycles. The number of esters is 2. The van der Waals surface area contributed by atoms with Crippen molar-refractivity contribution in [2.24, 2.45) is 0 Å². The maximum absolute atomic E-state index is 12.7. The lowest BCUT2D eigenvalue weighted by molar-refractivity contribution is -0.870. The molecule has 0 amide bonds. The molecule has 0 aromatic rings. The van der Waals surface area contributed by atoms with E-state index in [4.69, 9.17) is 23.6 Å². The highest BCUT2D eigenvalue weighted by Gasteiger charge is 2.21. The SMILES string of the molecule is CCCCC/C=C\C/C=C\C/C=C\CCCCCCC(=O)OC[C@H](COP(=O)([O-])OCC[N+](C)(C)C)OC(=O)CCC/C=C\C/C=C\C/C=C\C/C=C\CCCCCO. The number of aliphatic hydroxyl groups is 1. The van der Waals surface area contributed by atoms with Crippen molar-refractivity contribution < 1.29 is 47.2 Å². The number of allylic oxidation sites excluding steroid dienone is 14. The molecule has 1 N–H and O–H groups in total. The van der Waals surface area contributed by atoms with Crippen molar-refractivity contribution in [2.45, 2.75) is 154 Å². The van der Waals surface area contributed by atoms with Crippen LogP contribution in [0.5, 0.6) is 0 Å². The van der Waals surface area contributed by atoms with Gasteiger partial charge in [-0.05, 0) is 96.3 Å². The number of hydrogen-bond donors (Lipinski definition) is 1. The lowest BCUT2D eigenvalue weighted by atomic mass is 10.1. The van der Waals surface area contributed by atoms with E-state index in [0.717, 1.165) is 83.5 Å². The Bertz CT molecular complexity index is 1280. The summed E-state index contributed by atoms with van der Waals surface area (Å²) >= 11 is 0. The van der Waals surface area contributed by atoms with Gasteiger partial charge in [0.1, 0.15) is 19.8 Å². The molecule has 338 valence electrons. The van der Waals surface area contributed by atoms with Gasteiger partial charge in [-0.1, -0.05) is 124 Å². The fourth-order valence-corrected chi connectivity index (χ4v) is 6.12. The zero-order valence-electron chi connectivity index (χ0n) is 37.4. The van der Waals surface area contributed by atoms with Crippen LogP contribution in [0.15, 0.2) is 85.1 Å². The molecule has 0 rings (SSSR count). The molecule has 0 aromatic heterocycles. The molecule has 0 saturated carbocycles. The molecule has 2 atom stereocenters. The molecular weight excluding hydrogens is 765 g/mol. The molecule has 0 radical (unpaired) electrons. The average molecular weight is 848 g/mol. The van der Waals surface area contributed by atoms with Crippen molar-refractivity contribution in [3.63, 3.8) is 0 Å². The first-order valence-corrected chi connectivity index (χ1v) is 23.9.